The van der Waals surface area contributed by atoms with Crippen LogP contribution in [0.25, 0.3) is 0 Å². The topological polar surface area (TPSA) is 58.8 Å². The van der Waals surface area contributed by atoms with E-state index in [0.717, 1.165) is 43.3 Å². The third kappa shape index (κ3) is 3.47. The number of likely N-dealkylation sites (N-methyl/N-ethyl adjacent to an activating group) is 1. The van der Waals surface area contributed by atoms with Crippen molar-refractivity contribution in [3.05, 3.63) is 17.5 Å². The molecule has 2 fully saturated rings. The number of aromatic nitrogens is 1. The van der Waals surface area contributed by atoms with E-state index in [0.29, 0.717) is 4.75 Å². The Kier molecular flexibility index (Phi) is 4.47. The Morgan fingerprint density at radius 3 is 3.00 bits per heavy atom. The van der Waals surface area contributed by atoms with Crippen LogP contribution >= 0.6 is 11.8 Å². The summed E-state index contributed by atoms with van der Waals surface area (Å²) in [6.45, 7) is 5.08. The smallest absolute Gasteiger partial charge is 0.248 e. The van der Waals surface area contributed by atoms with Crippen LogP contribution in [0, 0.1) is 6.92 Å². The first-order valence-electron chi connectivity index (χ1n) is 7.56. The molecule has 122 valence electrons. The fraction of sp³-hybridized carbons (Fsp3) is 0.733. The molecule has 0 aromatic carbocycles. The Morgan fingerprint density at radius 2 is 2.36 bits per heavy atom. The molecule has 0 N–H and O–H groups in total. The second-order valence-electron chi connectivity index (χ2n) is 6.49. The molecule has 1 atom stereocenters. The molecule has 22 heavy (non-hydrogen) atoms. The maximum atomic E-state index is 11.6. The fourth-order valence-electron chi connectivity index (χ4n) is 3.05. The zero-order chi connectivity index (χ0) is 15.7. The molecule has 0 bridgehead atoms. The number of aryl methyl sites for hydroxylation is 1. The Balaban J connectivity index is 1.41. The number of nitrogens with zero attached hydrogens (tertiary/aromatic N) is 3. The third-order valence-corrected chi connectivity index (χ3v) is 5.78. The Hall–Kier alpha value is -1.05. The first-order valence-corrected chi connectivity index (χ1v) is 8.55. The fourth-order valence-corrected chi connectivity index (χ4v) is 4.66. The normalized spacial score (nSPS) is 23.7. The molecule has 3 heterocycles. The molecule has 2 saturated heterocycles. The lowest BCUT2D eigenvalue weighted by Gasteiger charge is -2.47. The van der Waals surface area contributed by atoms with Gasteiger partial charge in [-0.25, -0.2) is 0 Å². The first-order chi connectivity index (χ1) is 10.5. The van der Waals surface area contributed by atoms with Crippen LogP contribution < -0.4 is 0 Å². The highest BCUT2D eigenvalue weighted by Gasteiger charge is 2.49. The van der Waals surface area contributed by atoms with Crippen molar-refractivity contribution < 1.29 is 14.1 Å². The summed E-state index contributed by atoms with van der Waals surface area (Å²) < 4.78 is 11.2. The lowest BCUT2D eigenvalue weighted by atomic mass is 9.93. The van der Waals surface area contributed by atoms with Crippen molar-refractivity contribution in [3.8, 4) is 0 Å². The van der Waals surface area contributed by atoms with Crippen molar-refractivity contribution in [2.45, 2.75) is 30.7 Å². The molecule has 7 heteroatoms. The first kappa shape index (κ1) is 15.8. The van der Waals surface area contributed by atoms with Crippen LogP contribution in [-0.4, -0.2) is 71.3 Å². The predicted molar refractivity (Wildman–Crippen MR) is 84.8 cm³/mol. The van der Waals surface area contributed by atoms with Gasteiger partial charge in [-0.3, -0.25) is 9.69 Å². The van der Waals surface area contributed by atoms with Crippen molar-refractivity contribution in [2.24, 2.45) is 0 Å². The van der Waals surface area contributed by atoms with Crippen molar-refractivity contribution in [3.63, 3.8) is 0 Å². The van der Waals surface area contributed by atoms with Crippen LogP contribution in [0.3, 0.4) is 0 Å². The van der Waals surface area contributed by atoms with Gasteiger partial charge in [-0.05, 0) is 13.3 Å². The van der Waals surface area contributed by atoms with E-state index in [1.165, 1.54) is 0 Å². The van der Waals surface area contributed by atoms with Gasteiger partial charge in [0.1, 0.15) is 12.4 Å². The molecule has 1 amide bonds. The van der Waals surface area contributed by atoms with E-state index in [9.17, 15) is 4.79 Å². The number of rotatable bonds is 5. The second kappa shape index (κ2) is 6.22. The van der Waals surface area contributed by atoms with Crippen LogP contribution in [0.2, 0.25) is 0 Å². The van der Waals surface area contributed by atoms with Gasteiger partial charge in [0.05, 0.1) is 11.8 Å². The molecular formula is C15H23N3O3S. The zero-order valence-corrected chi connectivity index (χ0v) is 14.2. The highest BCUT2D eigenvalue weighted by molar-refractivity contribution is 8.01. The summed E-state index contributed by atoms with van der Waals surface area (Å²) in [5, 5.41) is 4.04. The number of amides is 1. The monoisotopic (exact) mass is 325 g/mol. The molecule has 2 aliphatic rings. The average Bonchev–Trinajstić information content (AvgIpc) is 3.02. The van der Waals surface area contributed by atoms with Gasteiger partial charge in [-0.15, -0.1) is 11.8 Å². The summed E-state index contributed by atoms with van der Waals surface area (Å²) in [7, 11) is 3.51. The van der Waals surface area contributed by atoms with Crippen LogP contribution in [0.4, 0.5) is 0 Å². The molecule has 1 spiro atoms. The standard InChI is InChI=1S/C15H23N3O3S/c1-11-4-12(16-21-11)6-18-9-15(10-18)5-13(8-22-15)20-7-14(19)17(2)3/h4,13H,5-10H2,1-3H3. The molecule has 0 saturated carbocycles. The van der Waals surface area contributed by atoms with Crippen molar-refractivity contribution in [1.29, 1.82) is 0 Å². The lowest BCUT2D eigenvalue weighted by Crippen LogP contribution is -2.58. The molecule has 0 radical (unpaired) electrons. The van der Waals surface area contributed by atoms with Crippen LogP contribution in [0.15, 0.2) is 10.6 Å². The van der Waals surface area contributed by atoms with Crippen LogP contribution in [-0.2, 0) is 16.1 Å². The molecule has 2 aliphatic heterocycles. The van der Waals surface area contributed by atoms with Crippen molar-refractivity contribution >= 4 is 17.7 Å². The minimum atomic E-state index is 0.0302. The molecule has 1 aromatic rings. The largest absolute Gasteiger partial charge is 0.367 e. The van der Waals surface area contributed by atoms with Gasteiger partial charge in [0.25, 0.3) is 0 Å². The summed E-state index contributed by atoms with van der Waals surface area (Å²) >= 11 is 1.98. The Labute approximate surface area is 135 Å². The highest BCUT2D eigenvalue weighted by atomic mass is 32.2. The number of hydrogen-bond acceptors (Lipinski definition) is 6. The summed E-state index contributed by atoms with van der Waals surface area (Å²) in [6, 6.07) is 1.99. The SMILES string of the molecule is Cc1cc(CN2CC3(CC(OCC(=O)N(C)C)CS3)C2)no1. The molecule has 3 rings (SSSR count). The van der Waals surface area contributed by atoms with Crippen LogP contribution in [0.5, 0.6) is 0 Å². The molecule has 0 aliphatic carbocycles. The van der Waals surface area contributed by atoms with E-state index >= 15 is 0 Å². The highest BCUT2D eigenvalue weighted by Crippen LogP contribution is 2.46. The Morgan fingerprint density at radius 1 is 1.59 bits per heavy atom. The van der Waals surface area contributed by atoms with E-state index in [4.69, 9.17) is 9.26 Å². The van der Waals surface area contributed by atoms with Gasteiger partial charge in [0.15, 0.2) is 0 Å². The summed E-state index contributed by atoms with van der Waals surface area (Å²) in [4.78, 5) is 15.5. The summed E-state index contributed by atoms with van der Waals surface area (Å²) in [5.41, 5.74) is 1.000. The van der Waals surface area contributed by atoms with Gasteiger partial charge in [-0.2, -0.15) is 0 Å². The second-order valence-corrected chi connectivity index (χ2v) is 7.98. The number of carbonyl (C=O) groups is 1. The quantitative estimate of drug-likeness (QED) is 0.809. The average molecular weight is 325 g/mol. The van der Waals surface area contributed by atoms with Gasteiger partial charge < -0.3 is 14.2 Å². The van der Waals surface area contributed by atoms with Gasteiger partial charge in [0.2, 0.25) is 5.91 Å². The van der Waals surface area contributed by atoms with E-state index in [-0.39, 0.29) is 18.6 Å². The van der Waals surface area contributed by atoms with Gasteiger partial charge in [0, 0.05) is 50.3 Å². The number of carbonyl (C=O) groups excluding carboxylic acids is 1. The zero-order valence-electron chi connectivity index (χ0n) is 13.4. The minimum Gasteiger partial charge on any atom is -0.367 e. The van der Waals surface area contributed by atoms with E-state index in [2.05, 4.69) is 10.1 Å². The number of thioether (sulfide) groups is 1. The molecule has 1 aromatic heterocycles. The Bertz CT molecular complexity index is 540. The lowest BCUT2D eigenvalue weighted by molar-refractivity contribution is -0.135. The number of hydrogen-bond donors (Lipinski definition) is 0. The predicted octanol–water partition coefficient (Wildman–Crippen LogP) is 1.15. The van der Waals surface area contributed by atoms with E-state index in [1.54, 1.807) is 19.0 Å². The van der Waals surface area contributed by atoms with E-state index in [1.807, 2.05) is 24.8 Å². The van der Waals surface area contributed by atoms with Crippen molar-refractivity contribution in [2.75, 3.05) is 39.5 Å². The molecule has 6 nitrogen and oxygen atoms in total. The summed E-state index contributed by atoms with van der Waals surface area (Å²) in [5.74, 6) is 1.87. The van der Waals surface area contributed by atoms with E-state index < -0.39 is 0 Å². The summed E-state index contributed by atoms with van der Waals surface area (Å²) in [6.07, 6.45) is 1.23. The number of ether oxygens (including phenoxy) is 1. The van der Waals surface area contributed by atoms with Crippen molar-refractivity contribution in [1.82, 2.24) is 15.0 Å². The number of likely N-dealkylation sites (tertiary alicyclic amines) is 1. The molecule has 1 unspecified atom stereocenters. The molecular weight excluding hydrogens is 302 g/mol. The third-order valence-electron chi connectivity index (χ3n) is 4.20. The van der Waals surface area contributed by atoms with Gasteiger partial charge >= 0.3 is 0 Å². The maximum Gasteiger partial charge on any atom is 0.248 e. The maximum absolute atomic E-state index is 11.6. The van der Waals surface area contributed by atoms with Crippen LogP contribution in [0.1, 0.15) is 17.9 Å². The van der Waals surface area contributed by atoms with Gasteiger partial charge in [-0.1, -0.05) is 5.16 Å². The minimum absolute atomic E-state index is 0.0302.